The maximum atomic E-state index is 10.5. The summed E-state index contributed by atoms with van der Waals surface area (Å²) in [5.41, 5.74) is 9.75. The van der Waals surface area contributed by atoms with Crippen LogP contribution in [0, 0.1) is 10.2 Å². The van der Waals surface area contributed by atoms with Gasteiger partial charge in [-0.2, -0.15) is 5.10 Å². The molecule has 3 aromatic rings. The molecule has 0 saturated carbocycles. The molecule has 0 amide bonds. The quantitative estimate of drug-likeness (QED) is 0.283. The molecule has 2 aromatic carbocycles. The van der Waals surface area contributed by atoms with E-state index in [2.05, 4.69) is 15.1 Å². The van der Waals surface area contributed by atoms with Gasteiger partial charge in [-0.15, -0.1) is 0 Å². The molecule has 1 saturated heterocycles. The monoisotopic (exact) mass is 424 g/mol. The normalized spacial score (nSPS) is 14.1. The van der Waals surface area contributed by atoms with Crippen LogP contribution in [-0.4, -0.2) is 51.9 Å². The highest BCUT2D eigenvalue weighted by Crippen LogP contribution is 2.34. The Bertz CT molecular complexity index is 1130. The highest BCUT2D eigenvalue weighted by Gasteiger charge is 2.18. The van der Waals surface area contributed by atoms with E-state index in [0.29, 0.717) is 39.5 Å². The van der Waals surface area contributed by atoms with Crippen LogP contribution in [-0.2, 0) is 4.74 Å². The second kappa shape index (κ2) is 8.29. The lowest BCUT2D eigenvalue weighted by Gasteiger charge is -2.29. The van der Waals surface area contributed by atoms with Gasteiger partial charge in [0.25, 0.3) is 0 Å². The molecular formula is C21H24N6O2S. The number of nitrogens with zero attached hydrogens (tertiary/aromatic N) is 3. The van der Waals surface area contributed by atoms with Gasteiger partial charge in [-0.05, 0) is 49.0 Å². The summed E-state index contributed by atoms with van der Waals surface area (Å²) in [6.45, 7) is 5.07. The van der Waals surface area contributed by atoms with Crippen molar-refractivity contribution >= 4 is 29.3 Å². The van der Waals surface area contributed by atoms with Crippen molar-refractivity contribution in [2.45, 2.75) is 13.3 Å². The molecule has 8 nitrogen and oxygen atoms in total. The number of hydrogen-bond donors (Lipinski definition) is 4. The Balaban J connectivity index is 1.76. The molecule has 0 radical (unpaired) electrons. The van der Waals surface area contributed by atoms with Crippen LogP contribution < -0.4 is 10.6 Å². The van der Waals surface area contributed by atoms with Crippen LogP contribution in [0.1, 0.15) is 18.9 Å². The molecule has 0 aliphatic carbocycles. The van der Waals surface area contributed by atoms with E-state index in [9.17, 15) is 5.11 Å². The van der Waals surface area contributed by atoms with Crippen LogP contribution in [0.5, 0.6) is 5.75 Å². The number of H-pyrrole nitrogens is 1. The third-order valence-electron chi connectivity index (χ3n) is 5.24. The molecule has 156 valence electrons. The predicted molar refractivity (Wildman–Crippen MR) is 120 cm³/mol. The molecule has 0 bridgehead atoms. The first-order valence-corrected chi connectivity index (χ1v) is 10.2. The van der Waals surface area contributed by atoms with Gasteiger partial charge in [0.05, 0.1) is 24.5 Å². The largest absolute Gasteiger partial charge is 0.507 e. The van der Waals surface area contributed by atoms with E-state index in [1.54, 1.807) is 10.6 Å². The van der Waals surface area contributed by atoms with Gasteiger partial charge < -0.3 is 25.9 Å². The molecule has 1 aromatic heterocycles. The number of anilines is 2. The summed E-state index contributed by atoms with van der Waals surface area (Å²) >= 11 is 5.46. The van der Waals surface area contributed by atoms with Gasteiger partial charge in [0, 0.05) is 41.8 Å². The van der Waals surface area contributed by atoms with Crippen molar-refractivity contribution in [2.24, 2.45) is 0 Å². The third-order valence-corrected chi connectivity index (χ3v) is 5.52. The zero-order valence-corrected chi connectivity index (χ0v) is 17.5. The number of hydrogen-bond acceptors (Lipinski definition) is 7. The number of nitrogens with two attached hydrogens (primary N) is 1. The fourth-order valence-electron chi connectivity index (χ4n) is 3.59. The van der Waals surface area contributed by atoms with E-state index in [1.165, 1.54) is 6.07 Å². The zero-order valence-electron chi connectivity index (χ0n) is 16.7. The standard InChI is InChI=1S/C21H24N6O2S/c1-2-17(22)15-11-16(19(28)12-18(15)23)20-24-25-21(30)27(20)14-5-3-13(4-6-14)26-7-9-29-10-8-26/h3-6,11-12,22,28H,2,7-10,23H2,1H3,(H,25,30). The molecule has 2 heterocycles. The summed E-state index contributed by atoms with van der Waals surface area (Å²) in [6, 6.07) is 11.2. The van der Waals surface area contributed by atoms with Crippen molar-refractivity contribution in [3.63, 3.8) is 0 Å². The summed E-state index contributed by atoms with van der Waals surface area (Å²) in [4.78, 5) is 2.28. The first-order chi connectivity index (χ1) is 14.5. The number of aromatic amines is 1. The first kappa shape index (κ1) is 20.1. The van der Waals surface area contributed by atoms with Crippen molar-refractivity contribution in [3.05, 3.63) is 46.7 Å². The summed E-state index contributed by atoms with van der Waals surface area (Å²) in [5, 5.41) is 25.9. The summed E-state index contributed by atoms with van der Waals surface area (Å²) in [7, 11) is 0. The summed E-state index contributed by atoms with van der Waals surface area (Å²) < 4.78 is 7.60. The number of rotatable bonds is 5. The van der Waals surface area contributed by atoms with Crippen LogP contribution in [0.2, 0.25) is 0 Å². The molecule has 30 heavy (non-hydrogen) atoms. The molecule has 1 aliphatic rings. The van der Waals surface area contributed by atoms with E-state index in [4.69, 9.17) is 28.1 Å². The second-order valence-corrected chi connectivity index (χ2v) is 7.48. The average molecular weight is 425 g/mol. The molecule has 1 aliphatic heterocycles. The lowest BCUT2D eigenvalue weighted by molar-refractivity contribution is 0.122. The Kier molecular flexibility index (Phi) is 5.56. The van der Waals surface area contributed by atoms with Gasteiger partial charge in [0.1, 0.15) is 5.75 Å². The smallest absolute Gasteiger partial charge is 0.200 e. The molecular weight excluding hydrogens is 400 g/mol. The van der Waals surface area contributed by atoms with Crippen LogP contribution in [0.3, 0.4) is 0 Å². The number of ether oxygens (including phenoxy) is 1. The Morgan fingerprint density at radius 1 is 1.23 bits per heavy atom. The van der Waals surface area contributed by atoms with Crippen molar-refractivity contribution < 1.29 is 9.84 Å². The fraction of sp³-hybridized carbons (Fsp3) is 0.286. The average Bonchev–Trinajstić information content (AvgIpc) is 3.15. The number of aromatic hydroxyl groups is 1. The van der Waals surface area contributed by atoms with Gasteiger partial charge in [0.2, 0.25) is 0 Å². The van der Waals surface area contributed by atoms with E-state index in [0.717, 1.165) is 37.7 Å². The van der Waals surface area contributed by atoms with Gasteiger partial charge in [-0.3, -0.25) is 9.67 Å². The maximum Gasteiger partial charge on any atom is 0.200 e. The highest BCUT2D eigenvalue weighted by molar-refractivity contribution is 7.71. The number of morpholine rings is 1. The highest BCUT2D eigenvalue weighted by atomic mass is 32.1. The summed E-state index contributed by atoms with van der Waals surface area (Å²) in [6.07, 6.45) is 0.532. The minimum atomic E-state index is -0.0136. The predicted octanol–water partition coefficient (Wildman–Crippen LogP) is 3.50. The SMILES string of the molecule is CCC(=N)c1cc(-c2n[nH]c(=S)n2-c2ccc(N3CCOCC3)cc2)c(O)cc1N. The van der Waals surface area contributed by atoms with Crippen molar-refractivity contribution in [3.8, 4) is 22.8 Å². The molecule has 0 atom stereocenters. The zero-order chi connectivity index (χ0) is 21.3. The van der Waals surface area contributed by atoms with Crippen LogP contribution in [0.4, 0.5) is 11.4 Å². The van der Waals surface area contributed by atoms with Gasteiger partial charge in [0.15, 0.2) is 10.6 Å². The minimum absolute atomic E-state index is 0.0136. The van der Waals surface area contributed by atoms with E-state index >= 15 is 0 Å². The van der Waals surface area contributed by atoms with Crippen molar-refractivity contribution in [2.75, 3.05) is 36.9 Å². The Labute approximate surface area is 179 Å². The number of phenols is 1. The van der Waals surface area contributed by atoms with Crippen molar-refractivity contribution in [1.29, 1.82) is 5.41 Å². The lowest BCUT2D eigenvalue weighted by Crippen LogP contribution is -2.36. The Hall–Kier alpha value is -3.17. The van der Waals surface area contributed by atoms with E-state index in [1.807, 2.05) is 31.2 Å². The van der Waals surface area contributed by atoms with E-state index in [-0.39, 0.29) is 5.75 Å². The number of benzene rings is 2. The number of phenolic OH excluding ortho intramolecular Hbond substituents is 1. The van der Waals surface area contributed by atoms with Gasteiger partial charge in [-0.25, -0.2) is 0 Å². The molecule has 1 fully saturated rings. The Morgan fingerprint density at radius 3 is 2.57 bits per heavy atom. The molecule has 0 spiro atoms. The molecule has 9 heteroatoms. The molecule has 0 unspecified atom stereocenters. The summed E-state index contributed by atoms with van der Waals surface area (Å²) in [5.74, 6) is 0.446. The number of nitrogen functional groups attached to an aromatic ring is 1. The van der Waals surface area contributed by atoms with E-state index < -0.39 is 0 Å². The first-order valence-electron chi connectivity index (χ1n) is 9.80. The second-order valence-electron chi connectivity index (χ2n) is 7.09. The fourth-order valence-corrected chi connectivity index (χ4v) is 3.82. The Morgan fingerprint density at radius 2 is 1.90 bits per heavy atom. The molecule has 5 N–H and O–H groups in total. The van der Waals surface area contributed by atoms with Crippen molar-refractivity contribution in [1.82, 2.24) is 14.8 Å². The van der Waals surface area contributed by atoms with Gasteiger partial charge >= 0.3 is 0 Å². The molecule has 4 rings (SSSR count). The van der Waals surface area contributed by atoms with Gasteiger partial charge in [-0.1, -0.05) is 6.92 Å². The number of nitrogens with one attached hydrogen (secondary N) is 2. The van der Waals surface area contributed by atoms with Crippen LogP contribution in [0.15, 0.2) is 36.4 Å². The number of aromatic nitrogens is 3. The minimum Gasteiger partial charge on any atom is -0.507 e. The lowest BCUT2D eigenvalue weighted by atomic mass is 10.0. The third kappa shape index (κ3) is 3.69. The maximum absolute atomic E-state index is 10.5. The van der Waals surface area contributed by atoms with Crippen LogP contribution in [0.25, 0.3) is 17.1 Å². The topological polar surface area (TPSA) is 116 Å². The van der Waals surface area contributed by atoms with Crippen LogP contribution >= 0.6 is 12.2 Å².